The predicted molar refractivity (Wildman–Crippen MR) is 64.7 cm³/mol. The Labute approximate surface area is 102 Å². The van der Waals surface area contributed by atoms with Gasteiger partial charge in [0.05, 0.1) is 13.2 Å². The molecule has 0 spiro atoms. The molecule has 0 aromatic carbocycles. The highest BCUT2D eigenvalue weighted by Crippen LogP contribution is 2.05. The number of furan rings is 1. The van der Waals surface area contributed by atoms with E-state index in [0.29, 0.717) is 32.7 Å². The largest absolute Gasteiger partial charge is 0.465 e. The number of rotatable bonds is 8. The molecule has 0 aliphatic carbocycles. The Hall–Kier alpha value is -1.33. The summed E-state index contributed by atoms with van der Waals surface area (Å²) < 4.78 is 10.2. The van der Waals surface area contributed by atoms with Crippen molar-refractivity contribution >= 4 is 5.91 Å². The van der Waals surface area contributed by atoms with Crippen LogP contribution in [0.15, 0.2) is 16.5 Å². The first-order chi connectivity index (χ1) is 8.22. The second-order valence-electron chi connectivity index (χ2n) is 3.78. The summed E-state index contributed by atoms with van der Waals surface area (Å²) in [7, 11) is 1.61. The van der Waals surface area contributed by atoms with Crippen LogP contribution in [-0.4, -0.2) is 32.7 Å². The van der Waals surface area contributed by atoms with Gasteiger partial charge in [0.2, 0.25) is 5.91 Å². The second-order valence-corrected chi connectivity index (χ2v) is 3.78. The van der Waals surface area contributed by atoms with Gasteiger partial charge in [-0.3, -0.25) is 4.79 Å². The Morgan fingerprint density at radius 2 is 2.24 bits per heavy atom. The van der Waals surface area contributed by atoms with Crippen molar-refractivity contribution < 1.29 is 13.9 Å². The van der Waals surface area contributed by atoms with Crippen molar-refractivity contribution in [3.05, 3.63) is 23.7 Å². The predicted octanol–water partition coefficient (Wildman–Crippen LogP) is 0.830. The fraction of sp³-hybridized carbons (Fsp3) is 0.583. The van der Waals surface area contributed by atoms with Gasteiger partial charge >= 0.3 is 0 Å². The zero-order valence-electron chi connectivity index (χ0n) is 10.4. The molecule has 0 fully saturated rings. The number of aryl methyl sites for hydroxylation is 1. The van der Waals surface area contributed by atoms with Gasteiger partial charge < -0.3 is 19.8 Å². The quantitative estimate of drug-likeness (QED) is 0.661. The minimum Gasteiger partial charge on any atom is -0.465 e. The third-order valence-corrected chi connectivity index (χ3v) is 2.25. The van der Waals surface area contributed by atoms with Gasteiger partial charge in [0.1, 0.15) is 11.5 Å². The number of ether oxygens (including phenoxy) is 1. The lowest BCUT2D eigenvalue weighted by Gasteiger charge is -2.05. The number of carbonyl (C=O) groups excluding carboxylic acids is 1. The number of amides is 1. The monoisotopic (exact) mass is 240 g/mol. The van der Waals surface area contributed by atoms with E-state index in [1.54, 1.807) is 7.11 Å². The van der Waals surface area contributed by atoms with E-state index in [0.717, 1.165) is 11.5 Å². The summed E-state index contributed by atoms with van der Waals surface area (Å²) >= 11 is 0. The SMILES string of the molecule is COCCNC(=O)CCNCc1ccc(C)o1. The van der Waals surface area contributed by atoms with Gasteiger partial charge in [-0.1, -0.05) is 0 Å². The van der Waals surface area contributed by atoms with Crippen LogP contribution >= 0.6 is 0 Å². The van der Waals surface area contributed by atoms with Crippen LogP contribution in [0.3, 0.4) is 0 Å². The lowest BCUT2D eigenvalue weighted by molar-refractivity contribution is -0.121. The van der Waals surface area contributed by atoms with Crippen molar-refractivity contribution in [1.82, 2.24) is 10.6 Å². The van der Waals surface area contributed by atoms with E-state index >= 15 is 0 Å². The molecule has 0 saturated carbocycles. The van der Waals surface area contributed by atoms with Crippen molar-refractivity contribution in [2.45, 2.75) is 19.9 Å². The Balaban J connectivity index is 2.02. The zero-order valence-corrected chi connectivity index (χ0v) is 10.4. The Kier molecular flexibility index (Phi) is 6.35. The highest BCUT2D eigenvalue weighted by atomic mass is 16.5. The zero-order chi connectivity index (χ0) is 12.5. The molecule has 5 heteroatoms. The molecule has 0 aliphatic heterocycles. The van der Waals surface area contributed by atoms with E-state index in [1.165, 1.54) is 0 Å². The van der Waals surface area contributed by atoms with Crippen molar-refractivity contribution in [2.24, 2.45) is 0 Å². The molecule has 1 aromatic heterocycles. The number of carbonyl (C=O) groups is 1. The van der Waals surface area contributed by atoms with E-state index in [2.05, 4.69) is 10.6 Å². The maximum absolute atomic E-state index is 11.3. The summed E-state index contributed by atoms with van der Waals surface area (Å²) in [4.78, 5) is 11.3. The summed E-state index contributed by atoms with van der Waals surface area (Å²) in [6, 6.07) is 3.86. The number of methoxy groups -OCH3 is 1. The molecule has 0 atom stereocenters. The molecule has 1 heterocycles. The fourth-order valence-corrected chi connectivity index (χ4v) is 1.37. The summed E-state index contributed by atoms with van der Waals surface area (Å²) in [5, 5.41) is 5.91. The van der Waals surface area contributed by atoms with Gasteiger partial charge in [-0.2, -0.15) is 0 Å². The number of hydrogen-bond donors (Lipinski definition) is 2. The Bertz CT molecular complexity index is 336. The van der Waals surface area contributed by atoms with Crippen LogP contribution in [0.4, 0.5) is 0 Å². The van der Waals surface area contributed by atoms with Gasteiger partial charge in [-0.05, 0) is 19.1 Å². The normalized spacial score (nSPS) is 10.5. The standard InChI is InChI=1S/C12H20N2O3/c1-10-3-4-11(17-10)9-13-6-5-12(15)14-7-8-16-2/h3-4,13H,5-9H2,1-2H3,(H,14,15). The smallest absolute Gasteiger partial charge is 0.221 e. The minimum absolute atomic E-state index is 0.0326. The topological polar surface area (TPSA) is 63.5 Å². The van der Waals surface area contributed by atoms with Gasteiger partial charge in [0.15, 0.2) is 0 Å². The first-order valence-corrected chi connectivity index (χ1v) is 5.74. The molecule has 0 saturated heterocycles. The summed E-state index contributed by atoms with van der Waals surface area (Å²) in [6.07, 6.45) is 0.462. The van der Waals surface area contributed by atoms with E-state index in [9.17, 15) is 4.79 Å². The molecule has 1 rings (SSSR count). The summed E-state index contributed by atoms with van der Waals surface area (Å²) in [6.45, 7) is 4.31. The molecule has 0 bridgehead atoms. The van der Waals surface area contributed by atoms with Crippen molar-refractivity contribution in [1.29, 1.82) is 0 Å². The van der Waals surface area contributed by atoms with E-state index in [-0.39, 0.29) is 5.91 Å². The molecule has 1 aromatic rings. The van der Waals surface area contributed by atoms with Crippen LogP contribution in [0.25, 0.3) is 0 Å². The lowest BCUT2D eigenvalue weighted by Crippen LogP contribution is -2.29. The van der Waals surface area contributed by atoms with Crippen LogP contribution in [-0.2, 0) is 16.1 Å². The molecule has 1 amide bonds. The summed E-state index contributed by atoms with van der Waals surface area (Å²) in [5.41, 5.74) is 0. The molecule has 0 radical (unpaired) electrons. The molecule has 0 aliphatic rings. The highest BCUT2D eigenvalue weighted by molar-refractivity contribution is 5.75. The second kappa shape index (κ2) is 7.86. The molecular formula is C12H20N2O3. The minimum atomic E-state index is 0.0326. The van der Waals surface area contributed by atoms with E-state index in [1.807, 2.05) is 19.1 Å². The lowest BCUT2D eigenvalue weighted by atomic mass is 10.3. The van der Waals surface area contributed by atoms with Crippen LogP contribution in [0.5, 0.6) is 0 Å². The average Bonchev–Trinajstić information content (AvgIpc) is 2.71. The van der Waals surface area contributed by atoms with Crippen molar-refractivity contribution in [3.63, 3.8) is 0 Å². The van der Waals surface area contributed by atoms with Crippen LogP contribution in [0.2, 0.25) is 0 Å². The maximum atomic E-state index is 11.3. The van der Waals surface area contributed by atoms with Crippen molar-refractivity contribution in [3.8, 4) is 0 Å². The molecule has 5 nitrogen and oxygen atoms in total. The van der Waals surface area contributed by atoms with Crippen LogP contribution in [0.1, 0.15) is 17.9 Å². The highest BCUT2D eigenvalue weighted by Gasteiger charge is 2.01. The third kappa shape index (κ3) is 6.09. The van der Waals surface area contributed by atoms with Crippen molar-refractivity contribution in [2.75, 3.05) is 26.8 Å². The fourth-order valence-electron chi connectivity index (χ4n) is 1.37. The van der Waals surface area contributed by atoms with Gasteiger partial charge in [-0.25, -0.2) is 0 Å². The first kappa shape index (κ1) is 13.7. The molecule has 0 unspecified atom stereocenters. The first-order valence-electron chi connectivity index (χ1n) is 5.74. The maximum Gasteiger partial charge on any atom is 0.221 e. The van der Waals surface area contributed by atoms with Gasteiger partial charge in [0.25, 0.3) is 0 Å². The van der Waals surface area contributed by atoms with E-state index < -0.39 is 0 Å². The molecule has 96 valence electrons. The Morgan fingerprint density at radius 1 is 1.41 bits per heavy atom. The third-order valence-electron chi connectivity index (χ3n) is 2.25. The van der Waals surface area contributed by atoms with Crippen LogP contribution in [0, 0.1) is 6.92 Å². The number of nitrogens with one attached hydrogen (secondary N) is 2. The van der Waals surface area contributed by atoms with E-state index in [4.69, 9.17) is 9.15 Å². The molecule has 2 N–H and O–H groups in total. The number of hydrogen-bond acceptors (Lipinski definition) is 4. The Morgan fingerprint density at radius 3 is 2.88 bits per heavy atom. The van der Waals surface area contributed by atoms with Gasteiger partial charge in [-0.15, -0.1) is 0 Å². The molecular weight excluding hydrogens is 220 g/mol. The average molecular weight is 240 g/mol. The van der Waals surface area contributed by atoms with Gasteiger partial charge in [0, 0.05) is 26.6 Å². The summed E-state index contributed by atoms with van der Waals surface area (Å²) in [5.74, 6) is 1.83. The van der Waals surface area contributed by atoms with Crippen LogP contribution < -0.4 is 10.6 Å². The molecule has 17 heavy (non-hydrogen) atoms.